The van der Waals surface area contributed by atoms with Gasteiger partial charge in [-0.05, 0) is 43.9 Å². The molecule has 1 aliphatic heterocycles. The van der Waals surface area contributed by atoms with Crippen molar-refractivity contribution in [2.75, 3.05) is 31.5 Å². The van der Waals surface area contributed by atoms with Crippen LogP contribution >= 0.6 is 11.3 Å². The van der Waals surface area contributed by atoms with E-state index in [1.54, 1.807) is 37.3 Å². The number of nitrogens with zero attached hydrogens (tertiary/aromatic N) is 2. The molecule has 0 unspecified atom stereocenters. The fourth-order valence-corrected chi connectivity index (χ4v) is 6.95. The summed E-state index contributed by atoms with van der Waals surface area (Å²) in [5, 5.41) is 3.42. The molecule has 1 fully saturated rings. The number of primary amides is 1. The molecule has 1 saturated heterocycles. The van der Waals surface area contributed by atoms with E-state index in [1.807, 2.05) is 4.90 Å². The lowest BCUT2D eigenvalue weighted by molar-refractivity contribution is -0.121. The molecule has 1 aliphatic carbocycles. The summed E-state index contributed by atoms with van der Waals surface area (Å²) in [4.78, 5) is 28.2. The summed E-state index contributed by atoms with van der Waals surface area (Å²) in [6.45, 7) is 3.32. The van der Waals surface area contributed by atoms with E-state index in [0.29, 0.717) is 36.7 Å². The van der Waals surface area contributed by atoms with Gasteiger partial charge in [0.15, 0.2) is 0 Å². The first-order valence-corrected chi connectivity index (χ1v) is 12.6. The molecule has 4 rings (SSSR count). The molecule has 8 nitrogen and oxygen atoms in total. The smallest absolute Gasteiger partial charge is 0.251 e. The minimum atomic E-state index is -3.54. The maximum atomic E-state index is 12.9. The molecule has 2 amide bonds. The number of anilines is 1. The van der Waals surface area contributed by atoms with Crippen LogP contribution in [0.1, 0.15) is 34.1 Å². The summed E-state index contributed by atoms with van der Waals surface area (Å²) in [6, 6.07) is 7.91. The molecule has 0 radical (unpaired) electrons. The second-order valence-electron chi connectivity index (χ2n) is 7.84. The fourth-order valence-electron chi connectivity index (χ4n) is 4.21. The van der Waals surface area contributed by atoms with Crippen LogP contribution in [0.3, 0.4) is 0 Å². The number of thiophene rings is 1. The van der Waals surface area contributed by atoms with Gasteiger partial charge in [0.25, 0.3) is 5.91 Å². The van der Waals surface area contributed by atoms with Gasteiger partial charge in [0, 0.05) is 31.1 Å². The highest BCUT2D eigenvalue weighted by Gasteiger charge is 2.33. The predicted molar refractivity (Wildman–Crippen MR) is 120 cm³/mol. The van der Waals surface area contributed by atoms with E-state index in [1.165, 1.54) is 15.6 Å². The number of rotatable bonds is 6. The molecule has 0 spiro atoms. The van der Waals surface area contributed by atoms with E-state index in [0.717, 1.165) is 29.7 Å². The monoisotopic (exact) mass is 462 g/mol. The Morgan fingerprint density at radius 2 is 1.77 bits per heavy atom. The average Bonchev–Trinajstić information content (AvgIpc) is 3.34. The summed E-state index contributed by atoms with van der Waals surface area (Å²) in [6.07, 6.45) is 2.72. The molecule has 166 valence electrons. The summed E-state index contributed by atoms with van der Waals surface area (Å²) in [5.41, 5.74) is 6.99. The Bertz CT molecular complexity index is 1090. The van der Waals surface area contributed by atoms with Crippen molar-refractivity contribution in [3.05, 3.63) is 46.3 Å². The van der Waals surface area contributed by atoms with Gasteiger partial charge in [0.05, 0.1) is 16.5 Å². The molecule has 1 aromatic heterocycles. The summed E-state index contributed by atoms with van der Waals surface area (Å²) >= 11 is 1.43. The zero-order valence-corrected chi connectivity index (χ0v) is 19.0. The summed E-state index contributed by atoms with van der Waals surface area (Å²) in [7, 11) is -3.54. The second kappa shape index (κ2) is 8.70. The van der Waals surface area contributed by atoms with E-state index in [-0.39, 0.29) is 10.8 Å². The van der Waals surface area contributed by atoms with Gasteiger partial charge in [0.2, 0.25) is 15.9 Å². The number of aryl methyl sites for hydroxylation is 1. The van der Waals surface area contributed by atoms with Crippen molar-refractivity contribution in [1.29, 1.82) is 0 Å². The van der Waals surface area contributed by atoms with E-state index >= 15 is 0 Å². The number of carbonyl (C=O) groups excluding carboxylic acids is 2. The van der Waals surface area contributed by atoms with Crippen molar-refractivity contribution in [3.63, 3.8) is 0 Å². The van der Waals surface area contributed by atoms with Crippen molar-refractivity contribution >= 4 is 38.2 Å². The summed E-state index contributed by atoms with van der Waals surface area (Å²) < 4.78 is 27.0. The van der Waals surface area contributed by atoms with Crippen LogP contribution in [0.2, 0.25) is 0 Å². The fraction of sp³-hybridized carbons (Fsp3) is 0.429. The molecule has 1 atom stereocenters. The van der Waals surface area contributed by atoms with Gasteiger partial charge >= 0.3 is 0 Å². The van der Waals surface area contributed by atoms with Crippen molar-refractivity contribution in [1.82, 2.24) is 9.21 Å². The van der Waals surface area contributed by atoms with Gasteiger partial charge in [0.1, 0.15) is 5.00 Å². The Morgan fingerprint density at radius 3 is 2.42 bits per heavy atom. The maximum Gasteiger partial charge on any atom is 0.251 e. The van der Waals surface area contributed by atoms with Crippen LogP contribution in [-0.4, -0.2) is 61.7 Å². The number of benzene rings is 1. The van der Waals surface area contributed by atoms with Gasteiger partial charge in [-0.3, -0.25) is 14.5 Å². The number of amides is 2. The quantitative estimate of drug-likeness (QED) is 0.678. The second-order valence-corrected chi connectivity index (χ2v) is 10.9. The van der Waals surface area contributed by atoms with Gasteiger partial charge in [-0.15, -0.1) is 11.3 Å². The number of fused-ring (bicyclic) bond motifs is 1. The normalized spacial score (nSPS) is 18.5. The highest BCUT2D eigenvalue weighted by molar-refractivity contribution is 7.89. The Morgan fingerprint density at radius 1 is 1.10 bits per heavy atom. The number of hydrogen-bond acceptors (Lipinski definition) is 6. The molecular weight excluding hydrogens is 436 g/mol. The molecular formula is C21H26N4O4S2. The van der Waals surface area contributed by atoms with Crippen molar-refractivity contribution in [2.45, 2.75) is 37.1 Å². The lowest BCUT2D eigenvalue weighted by Gasteiger charge is -2.36. The zero-order valence-electron chi connectivity index (χ0n) is 17.3. The third kappa shape index (κ3) is 4.25. The standard InChI is InChI=1S/C21H26N4O4S2/c1-14(20(27)23-21-18(19(22)26)16-8-5-9-17(16)30-21)24-10-12-25(13-11-24)31(28,29)15-6-3-2-4-7-15/h2-4,6-7,14H,5,8-13H2,1H3,(H2,22,26)(H,23,27)/t14-/m1/s1. The molecule has 3 N–H and O–H groups in total. The van der Waals surface area contributed by atoms with Gasteiger partial charge in [-0.25, -0.2) is 8.42 Å². The number of nitrogens with one attached hydrogen (secondary N) is 1. The van der Waals surface area contributed by atoms with Crippen molar-refractivity contribution < 1.29 is 18.0 Å². The Labute approximate surface area is 186 Å². The summed E-state index contributed by atoms with van der Waals surface area (Å²) in [5.74, 6) is -0.733. The maximum absolute atomic E-state index is 12.9. The van der Waals surface area contributed by atoms with Gasteiger partial charge in [-0.1, -0.05) is 18.2 Å². The van der Waals surface area contributed by atoms with E-state index in [4.69, 9.17) is 5.73 Å². The highest BCUT2D eigenvalue weighted by atomic mass is 32.2. The van der Waals surface area contributed by atoms with E-state index < -0.39 is 22.0 Å². The first-order chi connectivity index (χ1) is 14.8. The van der Waals surface area contributed by atoms with Crippen LogP contribution in [0, 0.1) is 0 Å². The molecule has 31 heavy (non-hydrogen) atoms. The van der Waals surface area contributed by atoms with Crippen LogP contribution in [-0.2, 0) is 27.7 Å². The minimum Gasteiger partial charge on any atom is -0.365 e. The van der Waals surface area contributed by atoms with Gasteiger partial charge in [-0.2, -0.15) is 4.31 Å². The van der Waals surface area contributed by atoms with Crippen LogP contribution in [0.4, 0.5) is 5.00 Å². The number of sulfonamides is 1. The largest absolute Gasteiger partial charge is 0.365 e. The lowest BCUT2D eigenvalue weighted by Crippen LogP contribution is -2.53. The Hall–Kier alpha value is -2.27. The topological polar surface area (TPSA) is 113 Å². The molecule has 10 heteroatoms. The third-order valence-corrected chi connectivity index (χ3v) is 9.11. The molecule has 0 bridgehead atoms. The van der Waals surface area contributed by atoms with Crippen molar-refractivity contribution in [3.8, 4) is 0 Å². The van der Waals surface area contributed by atoms with E-state index in [2.05, 4.69) is 5.32 Å². The van der Waals surface area contributed by atoms with Crippen molar-refractivity contribution in [2.24, 2.45) is 5.73 Å². The lowest BCUT2D eigenvalue weighted by atomic mass is 10.1. The highest BCUT2D eigenvalue weighted by Crippen LogP contribution is 2.39. The molecule has 2 heterocycles. The molecule has 2 aromatic rings. The third-order valence-electron chi connectivity index (χ3n) is 5.99. The molecule has 0 saturated carbocycles. The molecule has 2 aliphatic rings. The Balaban J connectivity index is 1.40. The average molecular weight is 463 g/mol. The van der Waals surface area contributed by atoms with Gasteiger partial charge < -0.3 is 11.1 Å². The first kappa shape index (κ1) is 21.9. The number of hydrogen-bond donors (Lipinski definition) is 2. The number of carbonyl (C=O) groups is 2. The van der Waals surface area contributed by atoms with Crippen LogP contribution in [0.15, 0.2) is 35.2 Å². The first-order valence-electron chi connectivity index (χ1n) is 10.3. The van der Waals surface area contributed by atoms with Crippen LogP contribution in [0.25, 0.3) is 0 Å². The Kier molecular flexibility index (Phi) is 6.16. The minimum absolute atomic E-state index is 0.221. The number of nitrogens with two attached hydrogens (primary N) is 1. The van der Waals surface area contributed by atoms with E-state index in [9.17, 15) is 18.0 Å². The SMILES string of the molecule is C[C@H](C(=O)Nc1sc2c(c1C(N)=O)CCC2)N1CCN(S(=O)(=O)c2ccccc2)CC1. The molecule has 1 aromatic carbocycles. The predicted octanol–water partition coefficient (Wildman–Crippen LogP) is 1.67. The van der Waals surface area contributed by atoms with Crippen LogP contribution in [0.5, 0.6) is 0 Å². The number of piperazine rings is 1. The van der Waals surface area contributed by atoms with Crippen LogP contribution < -0.4 is 11.1 Å². The zero-order chi connectivity index (χ0) is 22.2.